The van der Waals surface area contributed by atoms with Crippen LogP contribution in [0.15, 0.2) is 18.2 Å². The molecule has 1 rings (SSSR count). The lowest BCUT2D eigenvalue weighted by Gasteiger charge is -2.21. The molecular weight excluding hydrogens is 240 g/mol. The minimum absolute atomic E-state index is 0.198. The van der Waals surface area contributed by atoms with Crippen LogP contribution in [0.25, 0.3) is 0 Å². The van der Waals surface area contributed by atoms with E-state index in [2.05, 4.69) is 24.0 Å². The van der Waals surface area contributed by atoms with Crippen LogP contribution in [0.3, 0.4) is 0 Å². The molecule has 1 aromatic rings. The van der Waals surface area contributed by atoms with E-state index in [4.69, 9.17) is 15.6 Å². The van der Waals surface area contributed by atoms with Crippen LogP contribution in [0.2, 0.25) is 0 Å². The molecule has 0 aliphatic carbocycles. The highest BCUT2D eigenvalue weighted by molar-refractivity contribution is 5.37. The zero-order valence-electron chi connectivity index (χ0n) is 12.1. The van der Waals surface area contributed by atoms with E-state index in [1.54, 1.807) is 7.11 Å². The van der Waals surface area contributed by atoms with E-state index in [0.717, 1.165) is 30.8 Å². The lowest BCUT2D eigenvalue weighted by atomic mass is 10.1. The van der Waals surface area contributed by atoms with Gasteiger partial charge in [0, 0.05) is 25.2 Å². The summed E-state index contributed by atoms with van der Waals surface area (Å²) < 4.78 is 5.27. The molecule has 108 valence electrons. The minimum atomic E-state index is 0.198. The fraction of sp³-hybridized carbons (Fsp3) is 0.600. The summed E-state index contributed by atoms with van der Waals surface area (Å²) in [5, 5.41) is 9.12. The number of nitrogens with two attached hydrogens (primary N) is 1. The Balaban J connectivity index is 2.72. The van der Waals surface area contributed by atoms with Crippen molar-refractivity contribution in [2.24, 2.45) is 5.73 Å². The second-order valence-corrected chi connectivity index (χ2v) is 4.70. The van der Waals surface area contributed by atoms with Crippen molar-refractivity contribution in [3.05, 3.63) is 29.3 Å². The number of rotatable bonds is 9. The van der Waals surface area contributed by atoms with E-state index in [1.807, 2.05) is 6.07 Å². The standard InChI is InChI=1S/C15H26N2O2/c1-3-4-7-17(8-9-18)12-13-5-6-15(19-2)14(10-13)11-16/h5-6,10,18H,3-4,7-9,11-12,16H2,1-2H3. The molecule has 4 nitrogen and oxygen atoms in total. The normalized spacial score (nSPS) is 11.0. The van der Waals surface area contributed by atoms with Crippen molar-refractivity contribution in [2.45, 2.75) is 32.9 Å². The number of unbranched alkanes of at least 4 members (excludes halogenated alkanes) is 1. The first-order chi connectivity index (χ1) is 9.24. The minimum Gasteiger partial charge on any atom is -0.496 e. The first-order valence-electron chi connectivity index (χ1n) is 6.94. The molecule has 0 heterocycles. The summed E-state index contributed by atoms with van der Waals surface area (Å²) in [6, 6.07) is 6.12. The quantitative estimate of drug-likeness (QED) is 0.715. The Morgan fingerprint density at radius 3 is 2.68 bits per heavy atom. The summed E-state index contributed by atoms with van der Waals surface area (Å²) in [5.41, 5.74) is 7.97. The van der Waals surface area contributed by atoms with Gasteiger partial charge in [-0.25, -0.2) is 0 Å². The fourth-order valence-corrected chi connectivity index (χ4v) is 2.14. The molecule has 0 spiro atoms. The third-order valence-electron chi connectivity index (χ3n) is 3.22. The smallest absolute Gasteiger partial charge is 0.123 e. The maximum absolute atomic E-state index is 9.12. The number of ether oxygens (including phenoxy) is 1. The molecule has 4 heteroatoms. The Morgan fingerprint density at radius 2 is 2.11 bits per heavy atom. The number of methoxy groups -OCH3 is 1. The van der Waals surface area contributed by atoms with Crippen LogP contribution in [0.1, 0.15) is 30.9 Å². The van der Waals surface area contributed by atoms with Crippen LogP contribution in [0.5, 0.6) is 5.75 Å². The summed E-state index contributed by atoms with van der Waals surface area (Å²) in [6.45, 7) is 5.43. The van der Waals surface area contributed by atoms with Gasteiger partial charge in [0.05, 0.1) is 13.7 Å². The van der Waals surface area contributed by atoms with E-state index >= 15 is 0 Å². The Labute approximate surface area is 116 Å². The zero-order valence-corrected chi connectivity index (χ0v) is 12.1. The molecule has 0 saturated carbocycles. The van der Waals surface area contributed by atoms with Gasteiger partial charge in [0.25, 0.3) is 0 Å². The molecule has 1 aromatic carbocycles. The van der Waals surface area contributed by atoms with Gasteiger partial charge < -0.3 is 15.6 Å². The number of aliphatic hydroxyl groups is 1. The van der Waals surface area contributed by atoms with Crippen molar-refractivity contribution >= 4 is 0 Å². The van der Waals surface area contributed by atoms with Crippen LogP contribution in [0.4, 0.5) is 0 Å². The molecule has 3 N–H and O–H groups in total. The number of benzene rings is 1. The van der Waals surface area contributed by atoms with E-state index in [-0.39, 0.29) is 6.61 Å². The van der Waals surface area contributed by atoms with E-state index in [0.29, 0.717) is 13.1 Å². The van der Waals surface area contributed by atoms with E-state index < -0.39 is 0 Å². The van der Waals surface area contributed by atoms with Crippen molar-refractivity contribution < 1.29 is 9.84 Å². The zero-order chi connectivity index (χ0) is 14.1. The van der Waals surface area contributed by atoms with Gasteiger partial charge in [0.2, 0.25) is 0 Å². The molecule has 0 fully saturated rings. The molecule has 0 unspecified atom stereocenters. The molecule has 0 amide bonds. The molecular formula is C15H26N2O2. The summed E-state index contributed by atoms with van der Waals surface area (Å²) in [5.74, 6) is 0.841. The molecule has 19 heavy (non-hydrogen) atoms. The monoisotopic (exact) mass is 266 g/mol. The third-order valence-corrected chi connectivity index (χ3v) is 3.22. The molecule has 0 saturated heterocycles. The van der Waals surface area contributed by atoms with Gasteiger partial charge in [-0.15, -0.1) is 0 Å². The Hall–Kier alpha value is -1.10. The maximum atomic E-state index is 9.12. The van der Waals surface area contributed by atoms with Gasteiger partial charge in [-0.1, -0.05) is 19.4 Å². The average Bonchev–Trinajstić information content (AvgIpc) is 2.44. The highest BCUT2D eigenvalue weighted by Gasteiger charge is 2.07. The van der Waals surface area contributed by atoms with Crippen molar-refractivity contribution in [3.63, 3.8) is 0 Å². The summed E-state index contributed by atoms with van der Waals surface area (Å²) in [4.78, 5) is 2.27. The van der Waals surface area contributed by atoms with Crippen molar-refractivity contribution in [3.8, 4) is 5.75 Å². The molecule has 0 aliphatic heterocycles. The molecule has 0 bridgehead atoms. The SMILES string of the molecule is CCCCN(CCO)Cc1ccc(OC)c(CN)c1. The van der Waals surface area contributed by atoms with E-state index in [9.17, 15) is 0 Å². The lowest BCUT2D eigenvalue weighted by Crippen LogP contribution is -2.27. The second-order valence-electron chi connectivity index (χ2n) is 4.70. The average molecular weight is 266 g/mol. The number of hydrogen-bond donors (Lipinski definition) is 2. The highest BCUT2D eigenvalue weighted by atomic mass is 16.5. The number of aliphatic hydroxyl groups excluding tert-OH is 1. The van der Waals surface area contributed by atoms with E-state index in [1.165, 1.54) is 12.0 Å². The molecule has 0 atom stereocenters. The van der Waals surface area contributed by atoms with Gasteiger partial charge in [-0.05, 0) is 30.7 Å². The van der Waals surface area contributed by atoms with Crippen LogP contribution < -0.4 is 10.5 Å². The topological polar surface area (TPSA) is 58.7 Å². The summed E-state index contributed by atoms with van der Waals surface area (Å²) in [7, 11) is 1.66. The Bertz CT molecular complexity index is 369. The third kappa shape index (κ3) is 5.19. The van der Waals surface area contributed by atoms with Crippen molar-refractivity contribution in [1.82, 2.24) is 4.90 Å². The van der Waals surface area contributed by atoms with Gasteiger partial charge in [0.1, 0.15) is 5.75 Å². The Kier molecular flexibility index (Phi) is 7.48. The van der Waals surface area contributed by atoms with Crippen LogP contribution in [-0.2, 0) is 13.1 Å². The Morgan fingerprint density at radius 1 is 1.32 bits per heavy atom. The van der Waals surface area contributed by atoms with Gasteiger partial charge in [0.15, 0.2) is 0 Å². The van der Waals surface area contributed by atoms with Gasteiger partial charge in [-0.2, -0.15) is 0 Å². The van der Waals surface area contributed by atoms with Crippen molar-refractivity contribution in [1.29, 1.82) is 0 Å². The number of hydrogen-bond acceptors (Lipinski definition) is 4. The number of nitrogens with zero attached hydrogens (tertiary/aromatic N) is 1. The predicted molar refractivity (Wildman–Crippen MR) is 78.2 cm³/mol. The van der Waals surface area contributed by atoms with Crippen LogP contribution >= 0.6 is 0 Å². The first-order valence-corrected chi connectivity index (χ1v) is 6.94. The molecule has 0 radical (unpaired) electrons. The lowest BCUT2D eigenvalue weighted by molar-refractivity contribution is 0.188. The van der Waals surface area contributed by atoms with Crippen LogP contribution in [-0.4, -0.2) is 36.8 Å². The largest absolute Gasteiger partial charge is 0.496 e. The summed E-state index contributed by atoms with van der Waals surface area (Å²) >= 11 is 0. The maximum Gasteiger partial charge on any atom is 0.123 e. The predicted octanol–water partition coefficient (Wildman–Crippen LogP) is 1.75. The van der Waals surface area contributed by atoms with Gasteiger partial charge in [-0.3, -0.25) is 4.90 Å². The molecule has 0 aromatic heterocycles. The van der Waals surface area contributed by atoms with Crippen molar-refractivity contribution in [2.75, 3.05) is 26.8 Å². The summed E-state index contributed by atoms with van der Waals surface area (Å²) in [6.07, 6.45) is 2.32. The van der Waals surface area contributed by atoms with Gasteiger partial charge >= 0.3 is 0 Å². The molecule has 0 aliphatic rings. The second kappa shape index (κ2) is 8.91. The first kappa shape index (κ1) is 16.0. The van der Waals surface area contributed by atoms with Crippen LogP contribution in [0, 0.1) is 0 Å². The highest BCUT2D eigenvalue weighted by Crippen LogP contribution is 2.20. The fourth-order valence-electron chi connectivity index (χ4n) is 2.14.